The summed E-state index contributed by atoms with van der Waals surface area (Å²) < 4.78 is 27.3. The number of nitrogens with zero attached hydrogens (tertiary/aromatic N) is 1. The Labute approximate surface area is 126 Å². The van der Waals surface area contributed by atoms with Crippen LogP contribution in [0.5, 0.6) is 0 Å². The SMILES string of the molecule is CC(N)c1cccc(S(=O)(=O)N2CCCCC2CCO)c1. The fourth-order valence-corrected chi connectivity index (χ4v) is 4.60. The maximum atomic E-state index is 12.9. The van der Waals surface area contributed by atoms with Crippen LogP contribution in [0.1, 0.15) is 44.2 Å². The second-order valence-electron chi connectivity index (χ2n) is 5.64. The third-order valence-electron chi connectivity index (χ3n) is 4.03. The summed E-state index contributed by atoms with van der Waals surface area (Å²) >= 11 is 0. The number of piperidine rings is 1. The predicted molar refractivity (Wildman–Crippen MR) is 82.3 cm³/mol. The van der Waals surface area contributed by atoms with Gasteiger partial charge in [-0.05, 0) is 43.9 Å². The number of hydrogen-bond acceptors (Lipinski definition) is 4. The molecule has 0 aromatic heterocycles. The maximum absolute atomic E-state index is 12.9. The first-order valence-electron chi connectivity index (χ1n) is 7.45. The first kappa shape index (κ1) is 16.4. The van der Waals surface area contributed by atoms with Gasteiger partial charge in [0, 0.05) is 25.2 Å². The molecular formula is C15H24N2O3S. The van der Waals surface area contributed by atoms with Gasteiger partial charge in [-0.2, -0.15) is 4.31 Å². The van der Waals surface area contributed by atoms with E-state index in [2.05, 4.69) is 0 Å². The Morgan fingerprint density at radius 3 is 2.86 bits per heavy atom. The molecule has 0 spiro atoms. The molecule has 1 aromatic rings. The van der Waals surface area contributed by atoms with Gasteiger partial charge in [-0.3, -0.25) is 0 Å². The van der Waals surface area contributed by atoms with Crippen LogP contribution in [-0.2, 0) is 10.0 Å². The summed E-state index contributed by atoms with van der Waals surface area (Å²) in [6, 6.07) is 6.54. The van der Waals surface area contributed by atoms with Crippen LogP contribution in [0, 0.1) is 0 Å². The molecule has 1 aliphatic rings. The molecule has 1 aromatic carbocycles. The molecule has 0 bridgehead atoms. The fraction of sp³-hybridized carbons (Fsp3) is 0.600. The lowest BCUT2D eigenvalue weighted by Gasteiger charge is -2.34. The normalized spacial score (nSPS) is 22.1. The van der Waals surface area contributed by atoms with Crippen molar-refractivity contribution in [2.24, 2.45) is 5.73 Å². The Bertz CT molecular complexity index is 570. The first-order chi connectivity index (χ1) is 9.96. The molecule has 5 nitrogen and oxygen atoms in total. The summed E-state index contributed by atoms with van der Waals surface area (Å²) in [7, 11) is -3.52. The summed E-state index contributed by atoms with van der Waals surface area (Å²) in [5, 5.41) is 9.15. The minimum absolute atomic E-state index is 0.0105. The van der Waals surface area contributed by atoms with Crippen molar-refractivity contribution in [3.05, 3.63) is 29.8 Å². The van der Waals surface area contributed by atoms with Gasteiger partial charge >= 0.3 is 0 Å². The van der Waals surface area contributed by atoms with Gasteiger partial charge in [0.05, 0.1) is 4.90 Å². The minimum Gasteiger partial charge on any atom is -0.396 e. The van der Waals surface area contributed by atoms with E-state index in [1.807, 2.05) is 13.0 Å². The highest BCUT2D eigenvalue weighted by Crippen LogP contribution is 2.27. The molecule has 1 saturated heterocycles. The lowest BCUT2D eigenvalue weighted by atomic mass is 10.0. The van der Waals surface area contributed by atoms with Gasteiger partial charge in [0.15, 0.2) is 0 Å². The molecule has 1 heterocycles. The summed E-state index contributed by atoms with van der Waals surface area (Å²) in [6.45, 7) is 2.37. The summed E-state index contributed by atoms with van der Waals surface area (Å²) in [5.74, 6) is 0. The van der Waals surface area contributed by atoms with E-state index in [0.29, 0.717) is 17.9 Å². The Hall–Kier alpha value is -0.950. The van der Waals surface area contributed by atoms with Crippen LogP contribution < -0.4 is 5.73 Å². The molecule has 2 atom stereocenters. The van der Waals surface area contributed by atoms with Crippen molar-refractivity contribution in [2.45, 2.75) is 49.6 Å². The number of aliphatic hydroxyl groups is 1. The quantitative estimate of drug-likeness (QED) is 0.865. The van der Waals surface area contributed by atoms with Crippen LogP contribution in [0.2, 0.25) is 0 Å². The van der Waals surface area contributed by atoms with Crippen molar-refractivity contribution in [2.75, 3.05) is 13.2 Å². The Morgan fingerprint density at radius 2 is 2.19 bits per heavy atom. The van der Waals surface area contributed by atoms with E-state index in [4.69, 9.17) is 10.8 Å². The van der Waals surface area contributed by atoms with E-state index in [1.165, 1.54) is 0 Å². The molecule has 0 radical (unpaired) electrons. The van der Waals surface area contributed by atoms with Gasteiger partial charge in [-0.25, -0.2) is 8.42 Å². The van der Waals surface area contributed by atoms with Crippen LogP contribution in [0.15, 0.2) is 29.2 Å². The van der Waals surface area contributed by atoms with Crippen LogP contribution in [0.3, 0.4) is 0 Å². The standard InChI is InChI=1S/C15H24N2O3S/c1-12(16)13-5-4-7-15(11-13)21(19,20)17-9-3-2-6-14(17)8-10-18/h4-5,7,11-12,14,18H,2-3,6,8-10,16H2,1H3. The van der Waals surface area contributed by atoms with Gasteiger partial charge in [-0.1, -0.05) is 18.6 Å². The number of benzene rings is 1. The molecule has 0 saturated carbocycles. The molecule has 118 valence electrons. The third-order valence-corrected chi connectivity index (χ3v) is 5.97. The lowest BCUT2D eigenvalue weighted by molar-refractivity contribution is 0.192. The molecule has 21 heavy (non-hydrogen) atoms. The van der Waals surface area contributed by atoms with E-state index in [1.54, 1.807) is 22.5 Å². The Kier molecular flexibility index (Phi) is 5.37. The Morgan fingerprint density at radius 1 is 1.43 bits per heavy atom. The summed E-state index contributed by atoms with van der Waals surface area (Å²) in [5.41, 5.74) is 6.65. The highest BCUT2D eigenvalue weighted by Gasteiger charge is 2.33. The molecule has 6 heteroatoms. The van der Waals surface area contributed by atoms with Gasteiger partial charge in [-0.15, -0.1) is 0 Å². The first-order valence-corrected chi connectivity index (χ1v) is 8.89. The number of nitrogens with two attached hydrogens (primary N) is 1. The second-order valence-corrected chi connectivity index (χ2v) is 7.53. The smallest absolute Gasteiger partial charge is 0.243 e. The van der Waals surface area contributed by atoms with Crippen LogP contribution in [0.4, 0.5) is 0 Å². The van der Waals surface area contributed by atoms with Crippen LogP contribution in [0.25, 0.3) is 0 Å². The van der Waals surface area contributed by atoms with Crippen molar-refractivity contribution in [3.8, 4) is 0 Å². The molecule has 2 rings (SSSR count). The zero-order valence-corrected chi connectivity index (χ0v) is 13.2. The third kappa shape index (κ3) is 3.63. The summed E-state index contributed by atoms with van der Waals surface area (Å²) in [4.78, 5) is 0.294. The van der Waals surface area contributed by atoms with Gasteiger partial charge in [0.25, 0.3) is 0 Å². The number of sulfonamides is 1. The summed E-state index contributed by atoms with van der Waals surface area (Å²) in [6.07, 6.45) is 3.18. The van der Waals surface area contributed by atoms with Crippen molar-refractivity contribution >= 4 is 10.0 Å². The lowest BCUT2D eigenvalue weighted by Crippen LogP contribution is -2.44. The maximum Gasteiger partial charge on any atom is 0.243 e. The Balaban J connectivity index is 2.33. The molecule has 3 N–H and O–H groups in total. The topological polar surface area (TPSA) is 83.6 Å². The minimum atomic E-state index is -3.52. The van der Waals surface area contributed by atoms with E-state index in [0.717, 1.165) is 24.8 Å². The molecule has 0 aliphatic carbocycles. The number of rotatable bonds is 5. The number of aliphatic hydroxyl groups excluding tert-OH is 1. The largest absolute Gasteiger partial charge is 0.396 e. The van der Waals surface area contributed by atoms with Crippen LogP contribution in [-0.4, -0.2) is 37.0 Å². The van der Waals surface area contributed by atoms with Gasteiger partial charge in [0.2, 0.25) is 10.0 Å². The molecule has 2 unspecified atom stereocenters. The second kappa shape index (κ2) is 6.87. The average molecular weight is 312 g/mol. The average Bonchev–Trinajstić information content (AvgIpc) is 2.48. The molecule has 1 fully saturated rings. The highest BCUT2D eigenvalue weighted by molar-refractivity contribution is 7.89. The molecule has 0 amide bonds. The van der Waals surface area contributed by atoms with Crippen molar-refractivity contribution in [3.63, 3.8) is 0 Å². The molecular weight excluding hydrogens is 288 g/mol. The van der Waals surface area contributed by atoms with E-state index in [9.17, 15) is 8.42 Å². The van der Waals surface area contributed by atoms with Crippen LogP contribution >= 0.6 is 0 Å². The number of hydrogen-bond donors (Lipinski definition) is 2. The van der Waals surface area contributed by atoms with Gasteiger partial charge < -0.3 is 10.8 Å². The van der Waals surface area contributed by atoms with Crippen molar-refractivity contribution in [1.82, 2.24) is 4.31 Å². The fourth-order valence-electron chi connectivity index (χ4n) is 2.82. The monoisotopic (exact) mass is 312 g/mol. The zero-order valence-electron chi connectivity index (χ0n) is 12.4. The van der Waals surface area contributed by atoms with Crippen molar-refractivity contribution in [1.29, 1.82) is 0 Å². The van der Waals surface area contributed by atoms with E-state index < -0.39 is 10.0 Å². The van der Waals surface area contributed by atoms with Gasteiger partial charge in [0.1, 0.15) is 0 Å². The van der Waals surface area contributed by atoms with E-state index in [-0.39, 0.29) is 18.7 Å². The zero-order chi connectivity index (χ0) is 15.5. The molecule has 1 aliphatic heterocycles. The van der Waals surface area contributed by atoms with Crippen molar-refractivity contribution < 1.29 is 13.5 Å². The highest BCUT2D eigenvalue weighted by atomic mass is 32.2. The predicted octanol–water partition coefficient (Wildman–Crippen LogP) is 1.63. The van der Waals surface area contributed by atoms with E-state index >= 15 is 0 Å².